The van der Waals surface area contributed by atoms with E-state index in [4.69, 9.17) is 25.9 Å². The summed E-state index contributed by atoms with van der Waals surface area (Å²) in [5, 5.41) is 3.52. The molecule has 1 aliphatic heterocycles. The van der Waals surface area contributed by atoms with E-state index in [9.17, 15) is 4.39 Å². The van der Waals surface area contributed by atoms with Gasteiger partial charge in [-0.05, 0) is 17.3 Å². The molecule has 24 heavy (non-hydrogen) atoms. The first-order valence-corrected chi connectivity index (χ1v) is 7.31. The Kier molecular flexibility index (Phi) is 4.85. The molecule has 0 fully saturated rings. The summed E-state index contributed by atoms with van der Waals surface area (Å²) < 4.78 is 25.0. The predicted octanol–water partition coefficient (Wildman–Crippen LogP) is 2.84. The third-order valence-corrected chi connectivity index (χ3v) is 3.31. The average molecular weight is 351 g/mol. The number of ether oxygens (including phenoxy) is 2. The number of aromatic nitrogens is 2. The summed E-state index contributed by atoms with van der Waals surface area (Å²) in [6.07, 6.45) is 1.11. The van der Waals surface area contributed by atoms with Gasteiger partial charge in [0.2, 0.25) is 5.82 Å². The van der Waals surface area contributed by atoms with Crippen LogP contribution in [-0.2, 0) is 9.57 Å². The Balaban J connectivity index is 1.98. The molecule has 1 aliphatic rings. The van der Waals surface area contributed by atoms with Gasteiger partial charge in [-0.1, -0.05) is 23.7 Å². The summed E-state index contributed by atoms with van der Waals surface area (Å²) >= 11 is 5.65. The maximum Gasteiger partial charge on any atom is 0.276 e. The molecule has 0 saturated carbocycles. The van der Waals surface area contributed by atoms with Crippen molar-refractivity contribution >= 4 is 23.2 Å². The zero-order valence-corrected chi connectivity index (χ0v) is 13.3. The third-order valence-electron chi connectivity index (χ3n) is 3.05. The van der Waals surface area contributed by atoms with Gasteiger partial charge in [0.25, 0.3) is 11.8 Å². The van der Waals surface area contributed by atoms with E-state index in [1.807, 2.05) is 0 Å². The highest BCUT2D eigenvalue weighted by Gasteiger charge is 2.22. The van der Waals surface area contributed by atoms with Crippen molar-refractivity contribution in [2.75, 3.05) is 20.3 Å². The molecule has 0 spiro atoms. The first kappa shape index (κ1) is 16.1. The van der Waals surface area contributed by atoms with Gasteiger partial charge in [-0.15, -0.1) is 0 Å². The number of oxime groups is 1. The van der Waals surface area contributed by atoms with E-state index in [-0.39, 0.29) is 16.9 Å². The molecule has 0 atom stereocenters. The van der Waals surface area contributed by atoms with Gasteiger partial charge in [0, 0.05) is 12.6 Å². The molecule has 0 N–H and O–H groups in total. The van der Waals surface area contributed by atoms with Crippen LogP contribution in [0.3, 0.4) is 0 Å². The van der Waals surface area contributed by atoms with Crippen molar-refractivity contribution in [1.82, 2.24) is 9.97 Å². The molecule has 0 aliphatic carbocycles. The lowest BCUT2D eigenvalue weighted by Crippen LogP contribution is -2.25. The van der Waals surface area contributed by atoms with E-state index in [0.717, 1.165) is 6.33 Å². The first-order valence-electron chi connectivity index (χ1n) is 6.94. The molecule has 7 nitrogen and oxygen atoms in total. The van der Waals surface area contributed by atoms with Crippen molar-refractivity contribution in [2.24, 2.45) is 10.1 Å². The minimum atomic E-state index is -0.849. The fourth-order valence-electron chi connectivity index (χ4n) is 2.01. The third kappa shape index (κ3) is 3.28. The number of hydrogen-bond donors (Lipinski definition) is 0. The SMILES string of the molecule is C/N=C(/C1=NOCCO1)c1ccccc1Oc1ncnc(Cl)c1F. The van der Waals surface area contributed by atoms with Crippen LogP contribution >= 0.6 is 11.6 Å². The van der Waals surface area contributed by atoms with Gasteiger partial charge >= 0.3 is 0 Å². The van der Waals surface area contributed by atoms with Crippen LogP contribution in [0.4, 0.5) is 4.39 Å². The fraction of sp³-hybridized carbons (Fsp3) is 0.200. The first-order chi connectivity index (χ1) is 11.7. The normalized spacial score (nSPS) is 14.5. The number of nitrogens with zero attached hydrogens (tertiary/aromatic N) is 4. The van der Waals surface area contributed by atoms with E-state index in [1.54, 1.807) is 31.3 Å². The van der Waals surface area contributed by atoms with Crippen LogP contribution in [0.5, 0.6) is 11.6 Å². The van der Waals surface area contributed by atoms with Gasteiger partial charge < -0.3 is 14.3 Å². The van der Waals surface area contributed by atoms with Crippen LogP contribution in [0, 0.1) is 5.82 Å². The van der Waals surface area contributed by atoms with Crippen LogP contribution in [0.2, 0.25) is 5.15 Å². The number of halogens is 2. The van der Waals surface area contributed by atoms with Gasteiger partial charge in [-0.3, -0.25) is 4.99 Å². The zero-order chi connectivity index (χ0) is 16.9. The highest BCUT2D eigenvalue weighted by Crippen LogP contribution is 2.28. The summed E-state index contributed by atoms with van der Waals surface area (Å²) in [5.74, 6) is -0.608. The van der Waals surface area contributed by atoms with Crippen LogP contribution in [0.15, 0.2) is 40.7 Å². The quantitative estimate of drug-likeness (QED) is 0.626. The molecule has 0 bridgehead atoms. The Morgan fingerprint density at radius 1 is 1.29 bits per heavy atom. The number of aliphatic imine (C=N–C) groups is 1. The van der Waals surface area contributed by atoms with Gasteiger partial charge in [0.15, 0.2) is 11.8 Å². The van der Waals surface area contributed by atoms with Crippen molar-refractivity contribution < 1.29 is 18.7 Å². The van der Waals surface area contributed by atoms with Crippen LogP contribution in [0.1, 0.15) is 5.56 Å². The van der Waals surface area contributed by atoms with Crippen molar-refractivity contribution in [3.05, 3.63) is 47.1 Å². The van der Waals surface area contributed by atoms with E-state index in [0.29, 0.717) is 30.2 Å². The second-order valence-corrected chi connectivity index (χ2v) is 4.89. The molecular weight excluding hydrogens is 339 g/mol. The average Bonchev–Trinajstić information content (AvgIpc) is 2.62. The van der Waals surface area contributed by atoms with Crippen molar-refractivity contribution in [3.8, 4) is 11.6 Å². The Bertz CT molecular complexity index is 813. The second-order valence-electron chi connectivity index (χ2n) is 4.53. The molecule has 0 amide bonds. The van der Waals surface area contributed by atoms with E-state index in [2.05, 4.69) is 20.1 Å². The fourth-order valence-corrected chi connectivity index (χ4v) is 2.13. The maximum atomic E-state index is 14.0. The zero-order valence-electron chi connectivity index (χ0n) is 12.6. The molecule has 0 saturated heterocycles. The highest BCUT2D eigenvalue weighted by molar-refractivity contribution is 6.46. The van der Waals surface area contributed by atoms with E-state index >= 15 is 0 Å². The predicted molar refractivity (Wildman–Crippen MR) is 85.3 cm³/mol. The topological polar surface area (TPSA) is 78.2 Å². The smallest absolute Gasteiger partial charge is 0.276 e. The molecule has 9 heteroatoms. The molecule has 3 rings (SSSR count). The minimum Gasteiger partial charge on any atom is -0.470 e. The van der Waals surface area contributed by atoms with Crippen LogP contribution in [0.25, 0.3) is 0 Å². The number of para-hydroxylation sites is 1. The summed E-state index contributed by atoms with van der Waals surface area (Å²) in [5.41, 5.74) is 0.948. The molecule has 2 aromatic rings. The molecule has 1 aromatic heterocycles. The van der Waals surface area contributed by atoms with E-state index in [1.165, 1.54) is 0 Å². The maximum absolute atomic E-state index is 14.0. The largest absolute Gasteiger partial charge is 0.470 e. The second kappa shape index (κ2) is 7.22. The molecule has 1 aromatic carbocycles. The van der Waals surface area contributed by atoms with Crippen molar-refractivity contribution in [1.29, 1.82) is 0 Å². The number of rotatable bonds is 4. The summed E-state index contributed by atoms with van der Waals surface area (Å²) in [7, 11) is 1.58. The highest BCUT2D eigenvalue weighted by atomic mass is 35.5. The molecule has 0 radical (unpaired) electrons. The molecule has 124 valence electrons. The Morgan fingerprint density at radius 3 is 2.88 bits per heavy atom. The van der Waals surface area contributed by atoms with Gasteiger partial charge in [0.05, 0.1) is 0 Å². The lowest BCUT2D eigenvalue weighted by atomic mass is 10.1. The number of benzene rings is 1. The monoisotopic (exact) mass is 350 g/mol. The summed E-state index contributed by atoms with van der Waals surface area (Å²) in [6, 6.07) is 6.88. The minimum absolute atomic E-state index is 0.223. The molecule has 0 unspecified atom stereocenters. The van der Waals surface area contributed by atoms with Crippen LogP contribution < -0.4 is 4.74 Å². The molecular formula is C15H12ClFN4O3. The Hall–Kier alpha value is -2.74. The molecule has 2 heterocycles. The number of hydrogen-bond acceptors (Lipinski definition) is 7. The van der Waals surface area contributed by atoms with Crippen molar-refractivity contribution in [2.45, 2.75) is 0 Å². The standard InChI is InChI=1S/C15H12ClFN4O3/c1-18-12(15-21-23-7-6-22-15)9-4-2-3-5-10(9)24-14-11(17)13(16)19-8-20-14/h2-5,8H,6-7H2,1H3/b18-12+. The van der Waals surface area contributed by atoms with Gasteiger partial charge in [-0.25, -0.2) is 4.98 Å². The summed E-state index contributed by atoms with van der Waals surface area (Å²) in [4.78, 5) is 16.5. The Morgan fingerprint density at radius 2 is 2.12 bits per heavy atom. The van der Waals surface area contributed by atoms with Gasteiger partial charge in [0.1, 0.15) is 24.4 Å². The van der Waals surface area contributed by atoms with Gasteiger partial charge in [-0.2, -0.15) is 9.37 Å². The van der Waals surface area contributed by atoms with E-state index < -0.39 is 5.82 Å². The lowest BCUT2D eigenvalue weighted by molar-refractivity contribution is 0.0676. The van der Waals surface area contributed by atoms with Crippen molar-refractivity contribution in [3.63, 3.8) is 0 Å². The van der Waals surface area contributed by atoms with Crippen LogP contribution in [-0.4, -0.2) is 41.8 Å². The Labute approximate surface area is 141 Å². The lowest BCUT2D eigenvalue weighted by Gasteiger charge is -2.17. The summed E-state index contributed by atoms with van der Waals surface area (Å²) in [6.45, 7) is 0.723.